The fourth-order valence-electron chi connectivity index (χ4n) is 2.72. The molecule has 1 atom stereocenters. The van der Waals surface area contributed by atoms with Crippen molar-refractivity contribution in [1.29, 1.82) is 0 Å². The molecule has 0 spiro atoms. The van der Waals surface area contributed by atoms with Crippen LogP contribution in [0, 0.1) is 19.8 Å². The summed E-state index contributed by atoms with van der Waals surface area (Å²) in [4.78, 5) is 26.2. The number of hydrogen-bond acceptors (Lipinski definition) is 3. The molecular formula is C16H23N3O2. The highest BCUT2D eigenvalue weighted by atomic mass is 16.2. The lowest BCUT2D eigenvalue weighted by atomic mass is 10.1. The zero-order chi connectivity index (χ0) is 15.4. The number of carbonyl (C=O) groups is 2. The summed E-state index contributed by atoms with van der Waals surface area (Å²) in [5.41, 5.74) is 8.52. The van der Waals surface area contributed by atoms with E-state index in [0.29, 0.717) is 26.1 Å². The Kier molecular flexibility index (Phi) is 4.96. The van der Waals surface area contributed by atoms with E-state index in [2.05, 4.69) is 11.4 Å². The average molecular weight is 289 g/mol. The van der Waals surface area contributed by atoms with Gasteiger partial charge in [0.2, 0.25) is 11.8 Å². The summed E-state index contributed by atoms with van der Waals surface area (Å²) < 4.78 is 0. The van der Waals surface area contributed by atoms with Crippen LogP contribution in [0.25, 0.3) is 0 Å². The minimum absolute atomic E-state index is 0.106. The minimum Gasteiger partial charge on any atom is -0.355 e. The second-order valence-electron chi connectivity index (χ2n) is 5.61. The predicted octanol–water partition coefficient (Wildman–Crippen LogP) is 1.12. The SMILES string of the molecule is Cc1cc(C)cc(N2CCC(C(=O)NCCCN)C2=O)c1. The van der Waals surface area contributed by atoms with Crippen molar-refractivity contribution < 1.29 is 9.59 Å². The molecule has 1 aliphatic rings. The smallest absolute Gasteiger partial charge is 0.239 e. The van der Waals surface area contributed by atoms with Crippen LogP contribution in [0.3, 0.4) is 0 Å². The molecule has 3 N–H and O–H groups in total. The highest BCUT2D eigenvalue weighted by Gasteiger charge is 2.37. The van der Waals surface area contributed by atoms with Gasteiger partial charge in [-0.3, -0.25) is 9.59 Å². The van der Waals surface area contributed by atoms with E-state index < -0.39 is 5.92 Å². The van der Waals surface area contributed by atoms with Gasteiger partial charge < -0.3 is 16.0 Å². The van der Waals surface area contributed by atoms with Gasteiger partial charge >= 0.3 is 0 Å². The van der Waals surface area contributed by atoms with Crippen LogP contribution in [0.2, 0.25) is 0 Å². The number of carbonyl (C=O) groups excluding carboxylic acids is 2. The lowest BCUT2D eigenvalue weighted by Crippen LogP contribution is -2.37. The highest BCUT2D eigenvalue weighted by molar-refractivity contribution is 6.09. The van der Waals surface area contributed by atoms with Crippen LogP contribution in [0.15, 0.2) is 18.2 Å². The van der Waals surface area contributed by atoms with E-state index in [0.717, 1.165) is 23.2 Å². The summed E-state index contributed by atoms with van der Waals surface area (Å²) in [6.07, 6.45) is 1.30. The van der Waals surface area contributed by atoms with Crippen LogP contribution in [0.1, 0.15) is 24.0 Å². The lowest BCUT2D eigenvalue weighted by Gasteiger charge is -2.18. The van der Waals surface area contributed by atoms with Crippen molar-refractivity contribution in [2.45, 2.75) is 26.7 Å². The Morgan fingerprint density at radius 1 is 1.33 bits per heavy atom. The Hall–Kier alpha value is -1.88. The van der Waals surface area contributed by atoms with Gasteiger partial charge in [-0.25, -0.2) is 0 Å². The molecule has 1 aromatic carbocycles. The lowest BCUT2D eigenvalue weighted by molar-refractivity contribution is -0.132. The van der Waals surface area contributed by atoms with E-state index in [1.165, 1.54) is 0 Å². The summed E-state index contributed by atoms with van der Waals surface area (Å²) >= 11 is 0. The summed E-state index contributed by atoms with van der Waals surface area (Å²) in [5.74, 6) is -0.853. The van der Waals surface area contributed by atoms with E-state index in [1.807, 2.05) is 26.0 Å². The quantitative estimate of drug-likeness (QED) is 0.630. The molecule has 114 valence electrons. The highest BCUT2D eigenvalue weighted by Crippen LogP contribution is 2.27. The Morgan fingerprint density at radius 3 is 2.62 bits per heavy atom. The predicted molar refractivity (Wildman–Crippen MR) is 83.1 cm³/mol. The number of rotatable bonds is 5. The van der Waals surface area contributed by atoms with Gasteiger partial charge in [0, 0.05) is 18.8 Å². The van der Waals surface area contributed by atoms with Crippen molar-refractivity contribution in [1.82, 2.24) is 5.32 Å². The van der Waals surface area contributed by atoms with Crippen LogP contribution in [0.5, 0.6) is 0 Å². The molecule has 2 rings (SSSR count). The fraction of sp³-hybridized carbons (Fsp3) is 0.500. The molecule has 0 aromatic heterocycles. The molecule has 2 amide bonds. The van der Waals surface area contributed by atoms with Crippen LogP contribution >= 0.6 is 0 Å². The maximum atomic E-state index is 12.4. The minimum atomic E-state index is -0.566. The van der Waals surface area contributed by atoms with Gasteiger partial charge in [0.05, 0.1) is 0 Å². The van der Waals surface area contributed by atoms with E-state index in [-0.39, 0.29) is 11.8 Å². The second kappa shape index (κ2) is 6.72. The summed E-state index contributed by atoms with van der Waals surface area (Å²) in [7, 11) is 0. The zero-order valence-electron chi connectivity index (χ0n) is 12.7. The van der Waals surface area contributed by atoms with Gasteiger partial charge in [0.15, 0.2) is 0 Å². The Morgan fingerprint density at radius 2 is 2.00 bits per heavy atom. The van der Waals surface area contributed by atoms with Gasteiger partial charge in [0.1, 0.15) is 5.92 Å². The summed E-state index contributed by atoms with van der Waals surface area (Å²) in [6, 6.07) is 6.04. The van der Waals surface area contributed by atoms with Crippen molar-refractivity contribution in [2.24, 2.45) is 11.7 Å². The van der Waals surface area contributed by atoms with E-state index in [4.69, 9.17) is 5.73 Å². The third-order valence-electron chi connectivity index (χ3n) is 3.72. The number of nitrogens with zero attached hydrogens (tertiary/aromatic N) is 1. The van der Waals surface area contributed by atoms with E-state index >= 15 is 0 Å². The largest absolute Gasteiger partial charge is 0.355 e. The fourth-order valence-corrected chi connectivity index (χ4v) is 2.72. The van der Waals surface area contributed by atoms with Gasteiger partial charge in [-0.05, 0) is 56.5 Å². The number of hydrogen-bond donors (Lipinski definition) is 2. The molecule has 1 aliphatic heterocycles. The topological polar surface area (TPSA) is 75.4 Å². The maximum absolute atomic E-state index is 12.4. The first-order chi connectivity index (χ1) is 10.0. The Bertz CT molecular complexity index is 522. The summed E-state index contributed by atoms with van der Waals surface area (Å²) in [6.45, 7) is 5.68. The molecule has 5 nitrogen and oxygen atoms in total. The first kappa shape index (κ1) is 15.5. The standard InChI is InChI=1S/C16H23N3O2/c1-11-8-12(2)10-13(9-11)19-7-4-14(16(19)21)15(20)18-6-3-5-17/h8-10,14H,3-7,17H2,1-2H3,(H,18,20). The molecule has 0 bridgehead atoms. The molecule has 1 fully saturated rings. The van der Waals surface area contributed by atoms with Crippen molar-refractivity contribution in [3.05, 3.63) is 29.3 Å². The van der Waals surface area contributed by atoms with Gasteiger partial charge in [0.25, 0.3) is 0 Å². The maximum Gasteiger partial charge on any atom is 0.239 e. The van der Waals surface area contributed by atoms with Gasteiger partial charge in [-0.2, -0.15) is 0 Å². The van der Waals surface area contributed by atoms with Crippen molar-refractivity contribution >= 4 is 17.5 Å². The zero-order valence-corrected chi connectivity index (χ0v) is 12.7. The molecule has 0 radical (unpaired) electrons. The summed E-state index contributed by atoms with van der Waals surface area (Å²) in [5, 5.41) is 2.78. The number of amides is 2. The Labute approximate surface area is 125 Å². The van der Waals surface area contributed by atoms with Gasteiger partial charge in [-0.1, -0.05) is 6.07 Å². The first-order valence-electron chi connectivity index (χ1n) is 7.40. The molecule has 0 saturated carbocycles. The average Bonchev–Trinajstić information content (AvgIpc) is 2.79. The third-order valence-corrected chi connectivity index (χ3v) is 3.72. The molecule has 1 heterocycles. The number of nitrogens with one attached hydrogen (secondary N) is 1. The first-order valence-corrected chi connectivity index (χ1v) is 7.40. The molecule has 1 unspecified atom stereocenters. The molecular weight excluding hydrogens is 266 g/mol. The molecule has 5 heteroatoms. The van der Waals surface area contributed by atoms with Crippen molar-refractivity contribution in [3.63, 3.8) is 0 Å². The van der Waals surface area contributed by atoms with Crippen LogP contribution in [-0.4, -0.2) is 31.4 Å². The normalized spacial score (nSPS) is 18.1. The number of anilines is 1. The molecule has 1 aromatic rings. The van der Waals surface area contributed by atoms with E-state index in [9.17, 15) is 9.59 Å². The van der Waals surface area contributed by atoms with Gasteiger partial charge in [-0.15, -0.1) is 0 Å². The third kappa shape index (κ3) is 3.61. The molecule has 0 aliphatic carbocycles. The second-order valence-corrected chi connectivity index (χ2v) is 5.61. The van der Waals surface area contributed by atoms with Crippen LogP contribution in [-0.2, 0) is 9.59 Å². The van der Waals surface area contributed by atoms with Crippen LogP contribution in [0.4, 0.5) is 5.69 Å². The number of nitrogens with two attached hydrogens (primary N) is 1. The molecule has 21 heavy (non-hydrogen) atoms. The number of aryl methyl sites for hydroxylation is 2. The Balaban J connectivity index is 2.05. The molecule has 1 saturated heterocycles. The monoisotopic (exact) mass is 289 g/mol. The number of benzene rings is 1. The van der Waals surface area contributed by atoms with Crippen molar-refractivity contribution in [3.8, 4) is 0 Å². The van der Waals surface area contributed by atoms with Crippen molar-refractivity contribution in [2.75, 3.05) is 24.5 Å². The van der Waals surface area contributed by atoms with E-state index in [1.54, 1.807) is 4.90 Å². The van der Waals surface area contributed by atoms with Crippen LogP contribution < -0.4 is 16.0 Å².